The van der Waals surface area contributed by atoms with Crippen LogP contribution in [-0.4, -0.2) is 11.0 Å². The molecule has 2 rings (SSSR count). The Morgan fingerprint density at radius 2 is 1.56 bits per heavy atom. The van der Waals surface area contributed by atoms with E-state index >= 15 is 0 Å². The quantitative estimate of drug-likeness (QED) is 0.783. The van der Waals surface area contributed by atoms with Gasteiger partial charge in [0.05, 0.1) is 5.97 Å². The van der Waals surface area contributed by atoms with Crippen molar-refractivity contribution in [3.63, 3.8) is 0 Å². The van der Waals surface area contributed by atoms with E-state index in [1.165, 1.54) is 5.56 Å². The number of hydrogen-bond acceptors (Lipinski definition) is 3. The second-order valence-corrected chi connectivity index (χ2v) is 4.04. The Kier molecular flexibility index (Phi) is 4.04. The lowest BCUT2D eigenvalue weighted by molar-refractivity contribution is -0.686. The molecular formula is C14H14N2O2. The van der Waals surface area contributed by atoms with Crippen LogP contribution in [0.1, 0.15) is 21.5 Å². The van der Waals surface area contributed by atoms with E-state index in [0.29, 0.717) is 0 Å². The number of carbonyl (C=O) groups excluding carboxylic acids is 1. The summed E-state index contributed by atoms with van der Waals surface area (Å²) in [5.74, 6) is -1.14. The molecule has 18 heavy (non-hydrogen) atoms. The van der Waals surface area contributed by atoms with E-state index in [1.54, 1.807) is 24.5 Å². The van der Waals surface area contributed by atoms with Crippen molar-refractivity contribution in [3.8, 4) is 0 Å². The third-order valence-electron chi connectivity index (χ3n) is 2.70. The highest BCUT2D eigenvalue weighted by Gasteiger charge is 1.98. The Morgan fingerprint density at radius 3 is 2.11 bits per heavy atom. The number of carboxylic acids is 1. The van der Waals surface area contributed by atoms with E-state index in [9.17, 15) is 9.90 Å². The van der Waals surface area contributed by atoms with Crippen LogP contribution in [-0.2, 0) is 13.1 Å². The summed E-state index contributed by atoms with van der Waals surface area (Å²) in [6.07, 6.45) is 3.55. The molecule has 0 saturated heterocycles. The van der Waals surface area contributed by atoms with Gasteiger partial charge in [0, 0.05) is 23.5 Å². The van der Waals surface area contributed by atoms with E-state index < -0.39 is 5.97 Å². The Balaban J connectivity index is 1.85. The smallest absolute Gasteiger partial charge is 0.102 e. The van der Waals surface area contributed by atoms with Gasteiger partial charge in [0.2, 0.25) is 0 Å². The zero-order valence-electron chi connectivity index (χ0n) is 9.87. The summed E-state index contributed by atoms with van der Waals surface area (Å²) < 4.78 is 0. The molecule has 1 heterocycles. The predicted molar refractivity (Wildman–Crippen MR) is 64.3 cm³/mol. The van der Waals surface area contributed by atoms with Crippen LogP contribution in [0.3, 0.4) is 0 Å². The third-order valence-corrected chi connectivity index (χ3v) is 2.70. The Morgan fingerprint density at radius 1 is 1.00 bits per heavy atom. The molecule has 1 aromatic carbocycles. The lowest BCUT2D eigenvalue weighted by Crippen LogP contribution is -2.80. The zero-order chi connectivity index (χ0) is 12.8. The maximum absolute atomic E-state index is 10.6. The van der Waals surface area contributed by atoms with E-state index in [2.05, 4.69) is 10.3 Å². The minimum Gasteiger partial charge on any atom is -0.545 e. The van der Waals surface area contributed by atoms with Crippen molar-refractivity contribution < 1.29 is 15.2 Å². The van der Waals surface area contributed by atoms with Crippen molar-refractivity contribution >= 4 is 5.97 Å². The van der Waals surface area contributed by atoms with Crippen molar-refractivity contribution in [1.29, 1.82) is 0 Å². The molecule has 0 saturated carbocycles. The van der Waals surface area contributed by atoms with Crippen LogP contribution in [0, 0.1) is 0 Å². The lowest BCUT2D eigenvalue weighted by atomic mass is 10.1. The highest BCUT2D eigenvalue weighted by Crippen LogP contribution is 2.02. The molecule has 0 radical (unpaired) electrons. The summed E-state index contributed by atoms with van der Waals surface area (Å²) in [6, 6.07) is 10.7. The fourth-order valence-corrected chi connectivity index (χ4v) is 1.70. The third kappa shape index (κ3) is 3.40. The van der Waals surface area contributed by atoms with E-state index in [0.717, 1.165) is 18.7 Å². The van der Waals surface area contributed by atoms with Crippen molar-refractivity contribution in [1.82, 2.24) is 4.98 Å². The molecule has 4 heteroatoms. The number of carboxylic acid groups (broad SMARTS) is 1. The van der Waals surface area contributed by atoms with Crippen LogP contribution in [0.5, 0.6) is 0 Å². The standard InChI is InChI=1S/C14H14N2O2/c17-14(18)13-3-1-11(2-4-13)9-16-10-12-5-7-15-8-6-12/h1-8,16H,9-10H2,(H,17,18). The van der Waals surface area contributed by atoms with Crippen LogP contribution in [0.4, 0.5) is 0 Å². The van der Waals surface area contributed by atoms with Gasteiger partial charge in [0.15, 0.2) is 0 Å². The number of hydrogen-bond donors (Lipinski definition) is 1. The summed E-state index contributed by atoms with van der Waals surface area (Å²) in [7, 11) is 0. The van der Waals surface area contributed by atoms with E-state index in [1.807, 2.05) is 24.3 Å². The van der Waals surface area contributed by atoms with Crippen molar-refractivity contribution in [2.24, 2.45) is 0 Å². The SMILES string of the molecule is O=C([O-])c1ccc(C[NH2+]Cc2ccncc2)cc1. The summed E-state index contributed by atoms with van der Waals surface area (Å²) >= 11 is 0. The first kappa shape index (κ1) is 12.3. The van der Waals surface area contributed by atoms with Gasteiger partial charge in [-0.25, -0.2) is 0 Å². The average molecular weight is 242 g/mol. The maximum Gasteiger partial charge on any atom is 0.102 e. The summed E-state index contributed by atoms with van der Waals surface area (Å²) in [4.78, 5) is 14.5. The minimum atomic E-state index is -1.14. The summed E-state index contributed by atoms with van der Waals surface area (Å²) in [5, 5.41) is 12.7. The topological polar surface area (TPSA) is 69.6 Å². The number of nitrogens with zero attached hydrogens (tertiary/aromatic N) is 1. The molecule has 2 N–H and O–H groups in total. The van der Waals surface area contributed by atoms with Gasteiger partial charge in [-0.15, -0.1) is 0 Å². The number of aromatic nitrogens is 1. The van der Waals surface area contributed by atoms with Crippen LogP contribution < -0.4 is 10.4 Å². The molecule has 0 unspecified atom stereocenters. The second kappa shape index (κ2) is 5.93. The molecule has 0 bridgehead atoms. The fraction of sp³-hybridized carbons (Fsp3) is 0.143. The Bertz CT molecular complexity index is 509. The number of benzene rings is 1. The number of quaternary nitrogens is 1. The number of pyridine rings is 1. The first-order valence-electron chi connectivity index (χ1n) is 5.76. The van der Waals surface area contributed by atoms with Gasteiger partial charge in [-0.05, 0) is 17.7 Å². The molecule has 0 fully saturated rings. The molecule has 4 nitrogen and oxygen atoms in total. The van der Waals surface area contributed by atoms with Gasteiger partial charge in [-0.1, -0.05) is 24.3 Å². The predicted octanol–water partition coefficient (Wildman–Crippen LogP) is -0.291. The van der Waals surface area contributed by atoms with Crippen molar-refractivity contribution in [2.45, 2.75) is 13.1 Å². The molecule has 0 spiro atoms. The zero-order valence-corrected chi connectivity index (χ0v) is 9.87. The van der Waals surface area contributed by atoms with Gasteiger partial charge in [0.25, 0.3) is 0 Å². The summed E-state index contributed by atoms with van der Waals surface area (Å²) in [5.41, 5.74) is 2.53. The lowest BCUT2D eigenvalue weighted by Gasteiger charge is -2.04. The Hall–Kier alpha value is -2.20. The van der Waals surface area contributed by atoms with Crippen LogP contribution in [0.25, 0.3) is 0 Å². The molecule has 0 atom stereocenters. The first-order valence-corrected chi connectivity index (χ1v) is 5.76. The minimum absolute atomic E-state index is 0.216. The summed E-state index contributed by atoms with van der Waals surface area (Å²) in [6.45, 7) is 1.69. The maximum atomic E-state index is 10.6. The van der Waals surface area contributed by atoms with Crippen molar-refractivity contribution in [3.05, 3.63) is 65.5 Å². The largest absolute Gasteiger partial charge is 0.545 e. The monoisotopic (exact) mass is 242 g/mol. The van der Waals surface area contributed by atoms with Gasteiger partial charge < -0.3 is 15.2 Å². The van der Waals surface area contributed by atoms with Gasteiger partial charge in [-0.2, -0.15) is 0 Å². The first-order chi connectivity index (χ1) is 8.75. The number of carbonyl (C=O) groups is 1. The number of aromatic carboxylic acids is 1. The Labute approximate surface area is 105 Å². The van der Waals surface area contributed by atoms with E-state index in [4.69, 9.17) is 0 Å². The molecule has 92 valence electrons. The molecule has 0 amide bonds. The molecule has 2 aromatic rings. The van der Waals surface area contributed by atoms with Crippen LogP contribution >= 0.6 is 0 Å². The van der Waals surface area contributed by atoms with Gasteiger partial charge >= 0.3 is 0 Å². The molecule has 0 aliphatic heterocycles. The highest BCUT2D eigenvalue weighted by molar-refractivity contribution is 5.85. The van der Waals surface area contributed by atoms with Crippen LogP contribution in [0.15, 0.2) is 48.8 Å². The molecule has 0 aliphatic carbocycles. The molecular weight excluding hydrogens is 228 g/mol. The van der Waals surface area contributed by atoms with Crippen LogP contribution in [0.2, 0.25) is 0 Å². The van der Waals surface area contributed by atoms with Gasteiger partial charge in [-0.3, -0.25) is 4.98 Å². The average Bonchev–Trinajstić information content (AvgIpc) is 2.40. The van der Waals surface area contributed by atoms with Gasteiger partial charge in [0.1, 0.15) is 13.1 Å². The van der Waals surface area contributed by atoms with Crippen molar-refractivity contribution in [2.75, 3.05) is 0 Å². The molecule has 0 aliphatic rings. The second-order valence-electron chi connectivity index (χ2n) is 4.04. The highest BCUT2D eigenvalue weighted by atomic mass is 16.4. The normalized spacial score (nSPS) is 10.2. The number of rotatable bonds is 5. The number of nitrogens with two attached hydrogens (primary N) is 1. The molecule has 1 aromatic heterocycles. The fourth-order valence-electron chi connectivity index (χ4n) is 1.70. The van der Waals surface area contributed by atoms with E-state index in [-0.39, 0.29) is 5.56 Å².